The van der Waals surface area contributed by atoms with Crippen molar-refractivity contribution in [1.29, 1.82) is 5.41 Å². The second-order valence-corrected chi connectivity index (χ2v) is 10.1. The van der Waals surface area contributed by atoms with Gasteiger partial charge in [0.2, 0.25) is 5.91 Å². The molecule has 1 aliphatic rings. The molecule has 2 aromatic carbocycles. The van der Waals surface area contributed by atoms with Gasteiger partial charge < -0.3 is 15.4 Å². The summed E-state index contributed by atoms with van der Waals surface area (Å²) >= 11 is 0. The molecule has 3 aromatic rings. The Bertz CT molecular complexity index is 1230. The van der Waals surface area contributed by atoms with Crippen LogP contribution in [0.25, 0.3) is 0 Å². The SMILES string of the molecule is CCNC(=N)c1cc(Oc2ccc3c(c2)CC(C(=O)Nc2cccc(C(C)(C)C)c2)CC3)ccn1. The largest absolute Gasteiger partial charge is 0.457 e. The molecule has 6 heteroatoms. The zero-order valence-electron chi connectivity index (χ0n) is 20.9. The fourth-order valence-corrected chi connectivity index (χ4v) is 4.34. The highest BCUT2D eigenvalue weighted by Gasteiger charge is 2.25. The molecule has 1 unspecified atom stereocenters. The predicted molar refractivity (Wildman–Crippen MR) is 141 cm³/mol. The third kappa shape index (κ3) is 6.07. The number of nitrogens with one attached hydrogen (secondary N) is 3. The second-order valence-electron chi connectivity index (χ2n) is 10.1. The van der Waals surface area contributed by atoms with E-state index in [1.807, 2.05) is 31.2 Å². The normalized spacial score (nSPS) is 15.1. The molecule has 0 bridgehead atoms. The summed E-state index contributed by atoms with van der Waals surface area (Å²) in [6, 6.07) is 17.7. The van der Waals surface area contributed by atoms with Crippen LogP contribution in [0.4, 0.5) is 5.69 Å². The van der Waals surface area contributed by atoms with Gasteiger partial charge in [0.15, 0.2) is 0 Å². The number of amidine groups is 1. The molecule has 1 heterocycles. The molecule has 1 atom stereocenters. The van der Waals surface area contributed by atoms with Crippen LogP contribution in [-0.2, 0) is 23.1 Å². The van der Waals surface area contributed by atoms with E-state index >= 15 is 0 Å². The van der Waals surface area contributed by atoms with Gasteiger partial charge in [-0.15, -0.1) is 0 Å². The predicted octanol–water partition coefficient (Wildman–Crippen LogP) is 5.85. The molecule has 0 saturated heterocycles. The Balaban J connectivity index is 1.45. The van der Waals surface area contributed by atoms with Crippen molar-refractivity contribution in [3.63, 3.8) is 0 Å². The number of nitrogens with zero attached hydrogens (tertiary/aromatic N) is 1. The van der Waals surface area contributed by atoms with Crippen LogP contribution in [-0.4, -0.2) is 23.3 Å². The standard InChI is InChI=1S/C29H34N4O2/c1-5-31-27(30)26-18-25(13-14-32-26)35-24-12-11-19-9-10-20(15-21(19)16-24)28(34)33-23-8-6-7-22(17-23)29(2,3)4/h6-8,11-14,16-18,20H,5,9-10,15H2,1-4H3,(H2,30,31)(H,33,34). The summed E-state index contributed by atoms with van der Waals surface area (Å²) in [5.41, 5.74) is 5.03. The lowest BCUT2D eigenvalue weighted by molar-refractivity contribution is -0.120. The minimum atomic E-state index is -0.0795. The number of amides is 1. The zero-order valence-corrected chi connectivity index (χ0v) is 20.9. The first-order chi connectivity index (χ1) is 16.7. The molecule has 0 spiro atoms. The molecule has 0 radical (unpaired) electrons. The van der Waals surface area contributed by atoms with Crippen LogP contribution in [0.15, 0.2) is 60.8 Å². The van der Waals surface area contributed by atoms with E-state index in [9.17, 15) is 4.79 Å². The molecule has 4 rings (SSSR count). The molecule has 1 aliphatic carbocycles. The van der Waals surface area contributed by atoms with Crippen molar-refractivity contribution in [1.82, 2.24) is 10.3 Å². The van der Waals surface area contributed by atoms with Crippen molar-refractivity contribution in [3.05, 3.63) is 83.2 Å². The fraction of sp³-hybridized carbons (Fsp3) is 0.345. The summed E-state index contributed by atoms with van der Waals surface area (Å²) in [6.07, 6.45) is 4.03. The van der Waals surface area contributed by atoms with E-state index < -0.39 is 0 Å². The van der Waals surface area contributed by atoms with Crippen molar-refractivity contribution in [2.45, 2.75) is 52.4 Å². The molecule has 0 aliphatic heterocycles. The van der Waals surface area contributed by atoms with Crippen LogP contribution in [0, 0.1) is 11.3 Å². The smallest absolute Gasteiger partial charge is 0.227 e. The lowest BCUT2D eigenvalue weighted by Crippen LogP contribution is -2.28. The highest BCUT2D eigenvalue weighted by atomic mass is 16.5. The van der Waals surface area contributed by atoms with Gasteiger partial charge in [-0.3, -0.25) is 15.2 Å². The number of aromatic nitrogens is 1. The van der Waals surface area contributed by atoms with Crippen molar-refractivity contribution < 1.29 is 9.53 Å². The summed E-state index contributed by atoms with van der Waals surface area (Å²) in [6.45, 7) is 9.12. The minimum Gasteiger partial charge on any atom is -0.457 e. The summed E-state index contributed by atoms with van der Waals surface area (Å²) in [7, 11) is 0. The lowest BCUT2D eigenvalue weighted by Gasteiger charge is -2.25. The first-order valence-corrected chi connectivity index (χ1v) is 12.2. The number of pyridine rings is 1. The second kappa shape index (κ2) is 10.3. The Morgan fingerprint density at radius 1 is 1.09 bits per heavy atom. The van der Waals surface area contributed by atoms with Crippen molar-refractivity contribution in [3.8, 4) is 11.5 Å². The van der Waals surface area contributed by atoms with Gasteiger partial charge in [0.05, 0.1) is 0 Å². The Morgan fingerprint density at radius 2 is 1.89 bits per heavy atom. The third-order valence-electron chi connectivity index (χ3n) is 6.35. The Morgan fingerprint density at radius 3 is 2.66 bits per heavy atom. The Hall–Kier alpha value is -3.67. The van der Waals surface area contributed by atoms with Crippen LogP contribution >= 0.6 is 0 Å². The van der Waals surface area contributed by atoms with Crippen LogP contribution in [0.1, 0.15) is 56.5 Å². The summed E-state index contributed by atoms with van der Waals surface area (Å²) in [4.78, 5) is 17.3. The summed E-state index contributed by atoms with van der Waals surface area (Å²) in [5, 5.41) is 14.1. The van der Waals surface area contributed by atoms with E-state index in [1.165, 1.54) is 11.1 Å². The maximum atomic E-state index is 13.1. The number of anilines is 1. The van der Waals surface area contributed by atoms with Crippen molar-refractivity contribution in [2.24, 2.45) is 5.92 Å². The number of ether oxygens (including phenoxy) is 1. The van der Waals surface area contributed by atoms with Crippen molar-refractivity contribution in [2.75, 3.05) is 11.9 Å². The van der Waals surface area contributed by atoms with Gasteiger partial charge in [-0.2, -0.15) is 0 Å². The number of hydrogen-bond acceptors (Lipinski definition) is 4. The molecule has 3 N–H and O–H groups in total. The molecule has 0 fully saturated rings. The van der Waals surface area contributed by atoms with Gasteiger partial charge in [-0.05, 0) is 78.6 Å². The monoisotopic (exact) mass is 470 g/mol. The number of fused-ring (bicyclic) bond motifs is 1. The van der Waals surface area contributed by atoms with E-state index in [-0.39, 0.29) is 23.1 Å². The van der Waals surface area contributed by atoms with Gasteiger partial charge >= 0.3 is 0 Å². The van der Waals surface area contributed by atoms with Crippen LogP contribution in [0.5, 0.6) is 11.5 Å². The lowest BCUT2D eigenvalue weighted by atomic mass is 9.83. The molecule has 1 aromatic heterocycles. The Kier molecular flexibility index (Phi) is 7.20. The van der Waals surface area contributed by atoms with Gasteiger partial charge in [0, 0.05) is 30.4 Å². The number of carbonyl (C=O) groups excluding carboxylic acids is 1. The van der Waals surface area contributed by atoms with Crippen molar-refractivity contribution >= 4 is 17.4 Å². The number of hydrogen-bond donors (Lipinski definition) is 3. The third-order valence-corrected chi connectivity index (χ3v) is 6.35. The highest BCUT2D eigenvalue weighted by Crippen LogP contribution is 2.32. The highest BCUT2D eigenvalue weighted by molar-refractivity contribution is 5.94. The van der Waals surface area contributed by atoms with Crippen LogP contribution in [0.3, 0.4) is 0 Å². The number of benzene rings is 2. The van der Waals surface area contributed by atoms with E-state index in [1.54, 1.807) is 18.3 Å². The summed E-state index contributed by atoms with van der Waals surface area (Å²) < 4.78 is 6.08. The zero-order chi connectivity index (χ0) is 25.0. The van der Waals surface area contributed by atoms with Gasteiger partial charge in [0.1, 0.15) is 23.0 Å². The van der Waals surface area contributed by atoms with Gasteiger partial charge in [-0.25, -0.2) is 0 Å². The first-order valence-electron chi connectivity index (χ1n) is 12.2. The van der Waals surface area contributed by atoms with Crippen LogP contribution in [0.2, 0.25) is 0 Å². The number of rotatable bonds is 6. The maximum Gasteiger partial charge on any atom is 0.227 e. The van der Waals surface area contributed by atoms with E-state index in [0.29, 0.717) is 24.4 Å². The number of carbonyl (C=O) groups is 1. The van der Waals surface area contributed by atoms with E-state index in [0.717, 1.165) is 29.8 Å². The molecule has 0 saturated carbocycles. The van der Waals surface area contributed by atoms with Crippen LogP contribution < -0.4 is 15.4 Å². The Labute approximate surface area is 207 Å². The molecule has 35 heavy (non-hydrogen) atoms. The van der Waals surface area contributed by atoms with Gasteiger partial charge in [-0.1, -0.05) is 39.0 Å². The quantitative estimate of drug-likeness (QED) is 0.312. The molecular weight excluding hydrogens is 436 g/mol. The molecule has 1 amide bonds. The topological polar surface area (TPSA) is 87.1 Å². The molecule has 182 valence electrons. The summed E-state index contributed by atoms with van der Waals surface area (Å²) in [5.74, 6) is 1.60. The average molecular weight is 471 g/mol. The molecule has 6 nitrogen and oxygen atoms in total. The van der Waals surface area contributed by atoms with E-state index in [4.69, 9.17) is 10.1 Å². The van der Waals surface area contributed by atoms with E-state index in [2.05, 4.69) is 54.6 Å². The molecular formula is C29H34N4O2. The average Bonchev–Trinajstić information content (AvgIpc) is 2.83. The fourth-order valence-electron chi connectivity index (χ4n) is 4.34. The van der Waals surface area contributed by atoms with Gasteiger partial charge in [0.25, 0.3) is 0 Å². The minimum absolute atomic E-state index is 0.0310. The first kappa shape index (κ1) is 24.5. The maximum absolute atomic E-state index is 13.1. The number of aryl methyl sites for hydroxylation is 1.